The third-order valence-electron chi connectivity index (χ3n) is 1.67. The number of carbonyl (C=O) groups is 3. The predicted molar refractivity (Wildman–Crippen MR) is 62.2 cm³/mol. The van der Waals surface area contributed by atoms with Crippen LogP contribution >= 0.6 is 11.8 Å². The maximum absolute atomic E-state index is 11.5. The average Bonchev–Trinajstić information content (AvgIpc) is 2.08. The molecule has 0 aliphatic heterocycles. The zero-order valence-electron chi connectivity index (χ0n) is 9.86. The Morgan fingerprint density at radius 1 is 1.31 bits per heavy atom. The number of amides is 1. The summed E-state index contributed by atoms with van der Waals surface area (Å²) in [4.78, 5) is 33.0. The van der Waals surface area contributed by atoms with Gasteiger partial charge in [0.2, 0.25) is 5.91 Å². The minimum atomic E-state index is -1.13. The summed E-state index contributed by atoms with van der Waals surface area (Å²) in [5.74, 6) is -1.51. The van der Waals surface area contributed by atoms with Crippen molar-refractivity contribution < 1.29 is 19.5 Å². The van der Waals surface area contributed by atoms with Gasteiger partial charge in [0.25, 0.3) is 0 Å². The van der Waals surface area contributed by atoms with Gasteiger partial charge in [0.05, 0.1) is 0 Å². The van der Waals surface area contributed by atoms with E-state index in [9.17, 15) is 14.4 Å². The van der Waals surface area contributed by atoms with Crippen LogP contribution < -0.4 is 5.32 Å². The van der Waals surface area contributed by atoms with Crippen molar-refractivity contribution in [2.24, 2.45) is 5.41 Å². The molecule has 0 spiro atoms. The largest absolute Gasteiger partial charge is 0.480 e. The molecule has 0 radical (unpaired) electrons. The quantitative estimate of drug-likeness (QED) is 0.770. The molecule has 16 heavy (non-hydrogen) atoms. The van der Waals surface area contributed by atoms with Crippen LogP contribution in [0.4, 0.5) is 0 Å². The molecule has 0 saturated heterocycles. The molecule has 0 aliphatic rings. The topological polar surface area (TPSA) is 83.5 Å². The lowest BCUT2D eigenvalue weighted by atomic mass is 10.00. The molecule has 6 heteroatoms. The highest BCUT2D eigenvalue weighted by molar-refractivity contribution is 8.13. The number of aliphatic carboxylic acids is 1. The van der Waals surface area contributed by atoms with Gasteiger partial charge in [-0.25, -0.2) is 4.79 Å². The second kappa shape index (κ2) is 5.89. The van der Waals surface area contributed by atoms with Gasteiger partial charge in [0.15, 0.2) is 5.12 Å². The third kappa shape index (κ3) is 5.75. The molecule has 0 saturated carbocycles. The Morgan fingerprint density at radius 3 is 2.12 bits per heavy atom. The molecule has 0 bridgehead atoms. The maximum atomic E-state index is 11.5. The summed E-state index contributed by atoms with van der Waals surface area (Å²) in [6.45, 7) is 6.52. The Kier molecular flexibility index (Phi) is 5.50. The van der Waals surface area contributed by atoms with Gasteiger partial charge < -0.3 is 10.4 Å². The van der Waals surface area contributed by atoms with E-state index >= 15 is 0 Å². The van der Waals surface area contributed by atoms with Crippen LogP contribution in [0.1, 0.15) is 27.7 Å². The van der Waals surface area contributed by atoms with E-state index in [1.165, 1.54) is 6.92 Å². The lowest BCUT2D eigenvalue weighted by molar-refractivity contribution is -0.140. The molecule has 0 aromatic heterocycles. The Morgan fingerprint density at radius 2 is 1.81 bits per heavy atom. The number of nitrogens with one attached hydrogen (secondary N) is 1. The van der Waals surface area contributed by atoms with Crippen LogP contribution in [0.5, 0.6) is 0 Å². The van der Waals surface area contributed by atoms with E-state index in [2.05, 4.69) is 5.32 Å². The van der Waals surface area contributed by atoms with Crippen molar-refractivity contribution >= 4 is 28.8 Å². The number of carboxylic acids is 1. The van der Waals surface area contributed by atoms with E-state index in [0.717, 1.165) is 11.8 Å². The molecule has 92 valence electrons. The standard InChI is InChI=1S/C10H17NO4S/c1-6(12)11-7(8(13)14)5-16-9(15)10(2,3)4/h7H,5H2,1-4H3,(H,11,12)(H,13,14)/t7-/m0/s1. The van der Waals surface area contributed by atoms with Crippen molar-refractivity contribution in [3.05, 3.63) is 0 Å². The monoisotopic (exact) mass is 247 g/mol. The zero-order valence-corrected chi connectivity index (χ0v) is 10.7. The first kappa shape index (κ1) is 15.0. The zero-order chi connectivity index (χ0) is 12.9. The minimum Gasteiger partial charge on any atom is -0.480 e. The lowest BCUT2D eigenvalue weighted by Crippen LogP contribution is -2.42. The number of hydrogen-bond donors (Lipinski definition) is 2. The minimum absolute atomic E-state index is 0.0466. The Balaban J connectivity index is 4.28. The van der Waals surface area contributed by atoms with Gasteiger partial charge in [0.1, 0.15) is 6.04 Å². The Labute approximate surface area is 99.0 Å². The van der Waals surface area contributed by atoms with Crippen molar-refractivity contribution in [3.8, 4) is 0 Å². The second-order valence-electron chi connectivity index (χ2n) is 4.44. The maximum Gasteiger partial charge on any atom is 0.327 e. The van der Waals surface area contributed by atoms with Crippen LogP contribution in [0.25, 0.3) is 0 Å². The fourth-order valence-electron chi connectivity index (χ4n) is 0.796. The van der Waals surface area contributed by atoms with Gasteiger partial charge in [-0.1, -0.05) is 32.5 Å². The van der Waals surface area contributed by atoms with Gasteiger partial charge in [-0.05, 0) is 0 Å². The molecule has 1 amide bonds. The van der Waals surface area contributed by atoms with E-state index in [1.807, 2.05) is 0 Å². The highest BCUT2D eigenvalue weighted by atomic mass is 32.2. The van der Waals surface area contributed by atoms with Crippen LogP contribution in [-0.4, -0.2) is 33.9 Å². The third-order valence-corrected chi connectivity index (χ3v) is 3.04. The second-order valence-corrected chi connectivity index (χ2v) is 5.43. The number of hydrogen-bond acceptors (Lipinski definition) is 4. The molecule has 0 fully saturated rings. The van der Waals surface area contributed by atoms with Crippen LogP contribution in [0, 0.1) is 5.41 Å². The van der Waals surface area contributed by atoms with Gasteiger partial charge in [0, 0.05) is 18.1 Å². The first-order valence-corrected chi connectivity index (χ1v) is 5.80. The summed E-state index contributed by atoms with van der Waals surface area (Å²) in [5, 5.41) is 11.0. The van der Waals surface area contributed by atoms with Crippen molar-refractivity contribution in [1.29, 1.82) is 0 Å². The highest BCUT2D eigenvalue weighted by Gasteiger charge is 2.25. The van der Waals surface area contributed by atoms with Crippen LogP contribution in [0.15, 0.2) is 0 Å². The SMILES string of the molecule is CC(=O)N[C@@H](CSC(=O)C(C)(C)C)C(=O)O. The number of thioether (sulfide) groups is 1. The first-order valence-electron chi connectivity index (χ1n) is 4.81. The number of carbonyl (C=O) groups excluding carboxylic acids is 2. The Hall–Kier alpha value is -1.04. The highest BCUT2D eigenvalue weighted by Crippen LogP contribution is 2.23. The molecule has 0 aromatic rings. The predicted octanol–water partition coefficient (Wildman–Crippen LogP) is 0.882. The molecule has 2 N–H and O–H groups in total. The average molecular weight is 247 g/mol. The molecule has 0 unspecified atom stereocenters. The molecule has 0 aliphatic carbocycles. The van der Waals surface area contributed by atoms with Gasteiger partial charge in [-0.3, -0.25) is 9.59 Å². The van der Waals surface area contributed by atoms with Crippen molar-refractivity contribution in [3.63, 3.8) is 0 Å². The van der Waals surface area contributed by atoms with E-state index in [0.29, 0.717) is 0 Å². The molecule has 0 aromatic carbocycles. The normalized spacial score (nSPS) is 13.0. The summed E-state index contributed by atoms with van der Waals surface area (Å²) in [6.07, 6.45) is 0. The van der Waals surface area contributed by atoms with Crippen LogP contribution in [-0.2, 0) is 14.4 Å². The Bertz CT molecular complexity index is 296. The van der Waals surface area contributed by atoms with E-state index < -0.39 is 23.3 Å². The van der Waals surface area contributed by atoms with Gasteiger partial charge >= 0.3 is 5.97 Å². The van der Waals surface area contributed by atoms with Crippen molar-refractivity contribution in [2.75, 3.05) is 5.75 Å². The van der Waals surface area contributed by atoms with Gasteiger partial charge in [-0.2, -0.15) is 0 Å². The van der Waals surface area contributed by atoms with Crippen LogP contribution in [0.3, 0.4) is 0 Å². The van der Waals surface area contributed by atoms with Crippen molar-refractivity contribution in [1.82, 2.24) is 5.32 Å². The smallest absolute Gasteiger partial charge is 0.327 e. The van der Waals surface area contributed by atoms with E-state index in [1.54, 1.807) is 20.8 Å². The molecular formula is C10H17NO4S. The number of carboxylic acid groups (broad SMARTS) is 1. The van der Waals surface area contributed by atoms with Gasteiger partial charge in [-0.15, -0.1) is 0 Å². The number of rotatable bonds is 4. The molecule has 0 heterocycles. The fourth-order valence-corrected chi connectivity index (χ4v) is 1.77. The first-order chi connectivity index (χ1) is 7.14. The van der Waals surface area contributed by atoms with E-state index in [-0.39, 0.29) is 10.9 Å². The summed E-state index contributed by atoms with van der Waals surface area (Å²) in [7, 11) is 0. The summed E-state index contributed by atoms with van der Waals surface area (Å²) in [6, 6.07) is -1.02. The molecule has 5 nitrogen and oxygen atoms in total. The lowest BCUT2D eigenvalue weighted by Gasteiger charge is -2.18. The molecular weight excluding hydrogens is 230 g/mol. The van der Waals surface area contributed by atoms with E-state index in [4.69, 9.17) is 5.11 Å². The molecule has 1 atom stereocenters. The van der Waals surface area contributed by atoms with Crippen LogP contribution in [0.2, 0.25) is 0 Å². The summed E-state index contributed by atoms with van der Waals surface area (Å²) < 4.78 is 0. The van der Waals surface area contributed by atoms with Crippen molar-refractivity contribution in [2.45, 2.75) is 33.7 Å². The summed E-state index contributed by atoms with van der Waals surface area (Å²) in [5.41, 5.74) is -0.510. The fraction of sp³-hybridized carbons (Fsp3) is 0.700. The summed E-state index contributed by atoms with van der Waals surface area (Å²) >= 11 is 0.927. The molecule has 0 rings (SSSR count).